The van der Waals surface area contributed by atoms with Crippen LogP contribution in [0, 0.1) is 17.8 Å². The number of alkyl halides is 3. The second-order valence-electron chi connectivity index (χ2n) is 8.34. The minimum atomic E-state index is -4.64. The molecule has 4 heteroatoms. The van der Waals surface area contributed by atoms with Crippen molar-refractivity contribution in [3.63, 3.8) is 0 Å². The summed E-state index contributed by atoms with van der Waals surface area (Å²) in [7, 11) is 0. The number of unbranched alkanes of at least 4 members (excludes halogenated alkanes) is 1. The summed E-state index contributed by atoms with van der Waals surface area (Å²) in [6, 6.07) is 6.29. The molecule has 0 heterocycles. The van der Waals surface area contributed by atoms with Crippen LogP contribution in [0.4, 0.5) is 13.2 Å². The first-order valence-corrected chi connectivity index (χ1v) is 10.6. The zero-order valence-electron chi connectivity index (χ0n) is 16.5. The van der Waals surface area contributed by atoms with Gasteiger partial charge in [0.25, 0.3) is 0 Å². The van der Waals surface area contributed by atoms with Crippen molar-refractivity contribution in [3.05, 3.63) is 48.6 Å². The predicted octanol–water partition coefficient (Wildman–Crippen LogP) is 7.93. The zero-order valence-corrected chi connectivity index (χ0v) is 16.5. The summed E-state index contributed by atoms with van der Waals surface area (Å²) in [5, 5.41) is 0. The highest BCUT2D eigenvalue weighted by molar-refractivity contribution is 5.66. The molecule has 1 saturated carbocycles. The summed E-state index contributed by atoms with van der Waals surface area (Å²) in [6.45, 7) is 3.81. The monoisotopic (exact) mass is 392 g/mol. The lowest BCUT2D eigenvalue weighted by molar-refractivity contribution is -0.274. The Morgan fingerprint density at radius 2 is 1.71 bits per heavy atom. The maximum atomic E-state index is 12.3. The van der Waals surface area contributed by atoms with Gasteiger partial charge in [-0.1, -0.05) is 43.5 Å². The number of hydrogen-bond acceptors (Lipinski definition) is 1. The van der Waals surface area contributed by atoms with Crippen LogP contribution in [0.15, 0.2) is 43.0 Å². The maximum absolute atomic E-state index is 12.3. The number of ether oxygens (including phenoxy) is 1. The summed E-state index contributed by atoms with van der Waals surface area (Å²) in [6.07, 6.45) is 12.2. The van der Waals surface area contributed by atoms with Crippen LogP contribution in [-0.2, 0) is 0 Å². The molecule has 1 aromatic carbocycles. The average Bonchev–Trinajstić information content (AvgIpc) is 2.68. The molecule has 2 aliphatic rings. The smallest absolute Gasteiger partial charge is 0.406 e. The highest BCUT2D eigenvalue weighted by Crippen LogP contribution is 2.42. The Morgan fingerprint density at radius 3 is 2.29 bits per heavy atom. The third kappa shape index (κ3) is 6.15. The Bertz CT molecular complexity index is 651. The molecule has 154 valence electrons. The molecule has 0 bridgehead atoms. The van der Waals surface area contributed by atoms with Crippen molar-refractivity contribution >= 4 is 5.57 Å². The van der Waals surface area contributed by atoms with Crippen molar-refractivity contribution in [3.8, 4) is 5.75 Å². The summed E-state index contributed by atoms with van der Waals surface area (Å²) in [5.41, 5.74) is 2.27. The molecule has 0 aliphatic heterocycles. The molecule has 2 aliphatic carbocycles. The van der Waals surface area contributed by atoms with E-state index in [2.05, 4.69) is 17.4 Å². The van der Waals surface area contributed by atoms with E-state index in [0.717, 1.165) is 42.6 Å². The van der Waals surface area contributed by atoms with Crippen molar-refractivity contribution in [1.29, 1.82) is 0 Å². The largest absolute Gasteiger partial charge is 0.573 e. The van der Waals surface area contributed by atoms with E-state index >= 15 is 0 Å². The van der Waals surface area contributed by atoms with E-state index < -0.39 is 6.36 Å². The lowest BCUT2D eigenvalue weighted by atomic mass is 9.70. The van der Waals surface area contributed by atoms with Gasteiger partial charge in [0.15, 0.2) is 0 Å². The molecule has 0 amide bonds. The molecule has 0 radical (unpaired) electrons. The highest BCUT2D eigenvalue weighted by atomic mass is 19.4. The quantitative estimate of drug-likeness (QED) is 0.338. The Labute approximate surface area is 166 Å². The van der Waals surface area contributed by atoms with Crippen molar-refractivity contribution in [2.45, 2.75) is 70.6 Å². The van der Waals surface area contributed by atoms with Crippen molar-refractivity contribution in [2.24, 2.45) is 17.8 Å². The SMILES string of the molecule is C=CCCCC1CCC(C2CC=C(c3ccc(OC(F)(F)F)cc3)CC2)CC1. The molecule has 0 spiro atoms. The second kappa shape index (κ2) is 9.67. The number of hydrogen-bond donors (Lipinski definition) is 0. The van der Waals surface area contributed by atoms with Gasteiger partial charge < -0.3 is 4.74 Å². The molecular weight excluding hydrogens is 361 g/mol. The molecule has 1 fully saturated rings. The minimum absolute atomic E-state index is 0.157. The fourth-order valence-electron chi connectivity index (χ4n) is 4.91. The molecule has 1 unspecified atom stereocenters. The summed E-state index contributed by atoms with van der Waals surface area (Å²) < 4.78 is 40.8. The Kier molecular flexibility index (Phi) is 7.25. The molecule has 0 aromatic heterocycles. The molecule has 3 rings (SSSR count). The van der Waals surface area contributed by atoms with Gasteiger partial charge in [-0.2, -0.15) is 0 Å². The summed E-state index contributed by atoms with van der Waals surface area (Å²) in [5.74, 6) is 2.36. The highest BCUT2D eigenvalue weighted by Gasteiger charge is 2.31. The molecule has 1 aromatic rings. The van der Waals surface area contributed by atoms with Gasteiger partial charge in [-0.15, -0.1) is 19.8 Å². The average molecular weight is 393 g/mol. The van der Waals surface area contributed by atoms with Crippen LogP contribution in [0.25, 0.3) is 5.57 Å². The molecule has 1 atom stereocenters. The van der Waals surface area contributed by atoms with Gasteiger partial charge in [0, 0.05) is 0 Å². The van der Waals surface area contributed by atoms with Crippen LogP contribution in [-0.4, -0.2) is 6.36 Å². The van der Waals surface area contributed by atoms with Crippen LogP contribution in [0.2, 0.25) is 0 Å². The van der Waals surface area contributed by atoms with Crippen molar-refractivity contribution < 1.29 is 17.9 Å². The Morgan fingerprint density at radius 1 is 1.00 bits per heavy atom. The van der Waals surface area contributed by atoms with E-state index in [-0.39, 0.29) is 5.75 Å². The van der Waals surface area contributed by atoms with Gasteiger partial charge in [0.2, 0.25) is 0 Å². The van der Waals surface area contributed by atoms with Gasteiger partial charge in [-0.25, -0.2) is 0 Å². The standard InChI is InChI=1S/C24H31F3O/c1-2-3-4-5-18-6-8-19(9-7-18)20-10-12-21(13-11-20)22-14-16-23(17-15-22)28-24(25,26)27/h2,12,14-20H,1,3-11,13H2. The lowest BCUT2D eigenvalue weighted by Crippen LogP contribution is -2.23. The van der Waals surface area contributed by atoms with Crippen LogP contribution in [0.1, 0.15) is 69.8 Å². The van der Waals surface area contributed by atoms with Gasteiger partial charge in [0.1, 0.15) is 5.75 Å². The Balaban J connectivity index is 1.47. The number of allylic oxidation sites excluding steroid dienone is 3. The van der Waals surface area contributed by atoms with Crippen LogP contribution in [0.5, 0.6) is 5.75 Å². The van der Waals surface area contributed by atoms with E-state index in [1.54, 1.807) is 12.1 Å². The second-order valence-corrected chi connectivity index (χ2v) is 8.34. The normalized spacial score (nSPS) is 25.8. The third-order valence-electron chi connectivity index (χ3n) is 6.49. The first kappa shape index (κ1) is 21.0. The first-order chi connectivity index (χ1) is 13.4. The van der Waals surface area contributed by atoms with E-state index in [9.17, 15) is 13.2 Å². The summed E-state index contributed by atoms with van der Waals surface area (Å²) >= 11 is 0. The number of benzene rings is 1. The Hall–Kier alpha value is -1.71. The van der Waals surface area contributed by atoms with Gasteiger partial charge in [-0.05, 0) is 86.0 Å². The van der Waals surface area contributed by atoms with E-state index in [0.29, 0.717) is 0 Å². The van der Waals surface area contributed by atoms with E-state index in [1.807, 2.05) is 6.08 Å². The molecule has 1 nitrogen and oxygen atoms in total. The van der Waals surface area contributed by atoms with E-state index in [4.69, 9.17) is 0 Å². The first-order valence-electron chi connectivity index (χ1n) is 10.6. The van der Waals surface area contributed by atoms with Crippen molar-refractivity contribution in [2.75, 3.05) is 0 Å². The lowest BCUT2D eigenvalue weighted by Gasteiger charge is -2.35. The molecule has 0 saturated heterocycles. The third-order valence-corrected chi connectivity index (χ3v) is 6.49. The van der Waals surface area contributed by atoms with E-state index in [1.165, 1.54) is 62.7 Å². The van der Waals surface area contributed by atoms with Gasteiger partial charge in [0.05, 0.1) is 0 Å². The van der Waals surface area contributed by atoms with Crippen LogP contribution < -0.4 is 4.74 Å². The number of halogens is 3. The zero-order chi connectivity index (χ0) is 20.0. The molecule has 0 N–H and O–H groups in total. The fourth-order valence-corrected chi connectivity index (χ4v) is 4.91. The predicted molar refractivity (Wildman–Crippen MR) is 108 cm³/mol. The molecule has 28 heavy (non-hydrogen) atoms. The number of rotatable bonds is 7. The van der Waals surface area contributed by atoms with Crippen LogP contribution in [0.3, 0.4) is 0 Å². The maximum Gasteiger partial charge on any atom is 0.573 e. The summed E-state index contributed by atoms with van der Waals surface area (Å²) in [4.78, 5) is 0. The van der Waals surface area contributed by atoms with Gasteiger partial charge >= 0.3 is 6.36 Å². The minimum Gasteiger partial charge on any atom is -0.406 e. The molecular formula is C24H31F3O. The van der Waals surface area contributed by atoms with Crippen molar-refractivity contribution in [1.82, 2.24) is 0 Å². The van der Waals surface area contributed by atoms with Gasteiger partial charge in [-0.3, -0.25) is 0 Å². The topological polar surface area (TPSA) is 9.23 Å². The van der Waals surface area contributed by atoms with Crippen LogP contribution >= 0.6 is 0 Å². The fraction of sp³-hybridized carbons (Fsp3) is 0.583.